The fraction of sp³-hybridized carbons (Fsp3) is 0.692. The van der Waals surface area contributed by atoms with E-state index < -0.39 is 0 Å². The highest BCUT2D eigenvalue weighted by Crippen LogP contribution is 2.43. The van der Waals surface area contributed by atoms with Crippen molar-refractivity contribution < 1.29 is 0 Å². The summed E-state index contributed by atoms with van der Waals surface area (Å²) in [6, 6.07) is 3.06. The maximum atomic E-state index is 3.58. The summed E-state index contributed by atoms with van der Waals surface area (Å²) in [4.78, 5) is 1.51. The Morgan fingerprint density at radius 1 is 1.60 bits per heavy atom. The van der Waals surface area contributed by atoms with Crippen molar-refractivity contribution in [2.45, 2.75) is 51.5 Å². The topological polar surface area (TPSA) is 12.0 Å². The van der Waals surface area contributed by atoms with E-state index in [1.807, 2.05) is 11.3 Å². The normalized spacial score (nSPS) is 31.0. The lowest BCUT2D eigenvalue weighted by Crippen LogP contribution is -2.28. The quantitative estimate of drug-likeness (QED) is 0.827. The number of thiophene rings is 1. The average molecular weight is 223 g/mol. The lowest BCUT2D eigenvalue weighted by atomic mass is 9.81. The first kappa shape index (κ1) is 11.2. The van der Waals surface area contributed by atoms with Crippen molar-refractivity contribution in [3.8, 4) is 0 Å². The van der Waals surface area contributed by atoms with Gasteiger partial charge >= 0.3 is 0 Å². The van der Waals surface area contributed by atoms with Crippen LogP contribution >= 0.6 is 11.3 Å². The molecule has 2 rings (SSSR count). The van der Waals surface area contributed by atoms with Gasteiger partial charge in [0.1, 0.15) is 0 Å². The molecule has 1 saturated carbocycles. The van der Waals surface area contributed by atoms with Gasteiger partial charge in [-0.1, -0.05) is 13.8 Å². The molecule has 0 spiro atoms. The van der Waals surface area contributed by atoms with Crippen molar-refractivity contribution in [2.24, 2.45) is 0 Å². The van der Waals surface area contributed by atoms with Crippen LogP contribution in [0.15, 0.2) is 11.4 Å². The zero-order valence-electron chi connectivity index (χ0n) is 9.97. The van der Waals surface area contributed by atoms with Crippen LogP contribution in [0.4, 0.5) is 0 Å². The maximum absolute atomic E-state index is 3.58. The smallest absolute Gasteiger partial charge is 0.00756 e. The molecule has 1 fully saturated rings. The van der Waals surface area contributed by atoms with Crippen LogP contribution in [-0.4, -0.2) is 12.6 Å². The van der Waals surface area contributed by atoms with E-state index in [0.717, 1.165) is 12.6 Å². The van der Waals surface area contributed by atoms with Gasteiger partial charge in [-0.2, -0.15) is 0 Å². The fourth-order valence-electron chi connectivity index (χ4n) is 2.96. The molecule has 1 heterocycles. The lowest BCUT2D eigenvalue weighted by molar-refractivity contribution is 0.457. The Balaban J connectivity index is 2.13. The highest BCUT2D eigenvalue weighted by molar-refractivity contribution is 7.10. The van der Waals surface area contributed by atoms with E-state index in [0.29, 0.717) is 5.41 Å². The Morgan fingerprint density at radius 3 is 3.00 bits per heavy atom. The minimum atomic E-state index is 0.428. The molecular weight excluding hydrogens is 202 g/mol. The summed E-state index contributed by atoms with van der Waals surface area (Å²) < 4.78 is 0. The van der Waals surface area contributed by atoms with Crippen LogP contribution in [0.25, 0.3) is 0 Å². The van der Waals surface area contributed by atoms with Gasteiger partial charge < -0.3 is 5.32 Å². The molecule has 84 valence electrons. The predicted molar refractivity (Wildman–Crippen MR) is 67.7 cm³/mol. The molecule has 0 aliphatic heterocycles. The fourth-order valence-corrected chi connectivity index (χ4v) is 3.81. The number of rotatable bonds is 3. The molecule has 1 aromatic rings. The third-order valence-electron chi connectivity index (χ3n) is 3.74. The highest BCUT2D eigenvalue weighted by atomic mass is 32.1. The molecular formula is C13H21NS. The van der Waals surface area contributed by atoms with Gasteiger partial charge in [0.2, 0.25) is 0 Å². The van der Waals surface area contributed by atoms with Gasteiger partial charge in [-0.15, -0.1) is 11.3 Å². The molecule has 1 aromatic heterocycles. The molecule has 0 saturated heterocycles. The molecule has 2 heteroatoms. The van der Waals surface area contributed by atoms with Crippen molar-refractivity contribution in [2.75, 3.05) is 6.54 Å². The Hall–Kier alpha value is -0.340. The lowest BCUT2D eigenvalue weighted by Gasteiger charge is -2.24. The monoisotopic (exact) mass is 223 g/mol. The molecule has 15 heavy (non-hydrogen) atoms. The van der Waals surface area contributed by atoms with Crippen LogP contribution in [0.5, 0.6) is 0 Å². The first-order valence-corrected chi connectivity index (χ1v) is 6.81. The molecule has 2 atom stereocenters. The summed E-state index contributed by atoms with van der Waals surface area (Å²) in [5, 5.41) is 5.82. The average Bonchev–Trinajstić information content (AvgIpc) is 2.75. The van der Waals surface area contributed by atoms with E-state index in [2.05, 4.69) is 37.5 Å². The Labute approximate surface area is 96.9 Å². The Bertz CT molecular complexity index is 331. The van der Waals surface area contributed by atoms with E-state index in [4.69, 9.17) is 0 Å². The maximum Gasteiger partial charge on any atom is 0.00756 e. The SMILES string of the molecule is CCNC1CCC(C)(c2ccsc2C)C1. The molecule has 1 nitrogen and oxygen atoms in total. The Morgan fingerprint density at radius 2 is 2.40 bits per heavy atom. The van der Waals surface area contributed by atoms with E-state index in [-0.39, 0.29) is 0 Å². The van der Waals surface area contributed by atoms with Crippen molar-refractivity contribution in [1.82, 2.24) is 5.32 Å². The third-order valence-corrected chi connectivity index (χ3v) is 4.59. The van der Waals surface area contributed by atoms with Crippen molar-refractivity contribution in [1.29, 1.82) is 0 Å². The van der Waals surface area contributed by atoms with Gasteiger partial charge in [-0.3, -0.25) is 0 Å². The summed E-state index contributed by atoms with van der Waals surface area (Å²) >= 11 is 1.88. The van der Waals surface area contributed by atoms with Crippen LogP contribution in [0.3, 0.4) is 0 Å². The number of aryl methyl sites for hydroxylation is 1. The summed E-state index contributed by atoms with van der Waals surface area (Å²) in [7, 11) is 0. The molecule has 2 unspecified atom stereocenters. The van der Waals surface area contributed by atoms with Crippen LogP contribution in [-0.2, 0) is 5.41 Å². The van der Waals surface area contributed by atoms with Crippen LogP contribution in [0.2, 0.25) is 0 Å². The number of hydrogen-bond acceptors (Lipinski definition) is 2. The van der Waals surface area contributed by atoms with Crippen LogP contribution < -0.4 is 5.32 Å². The molecule has 0 amide bonds. The zero-order valence-corrected chi connectivity index (χ0v) is 10.8. The summed E-state index contributed by atoms with van der Waals surface area (Å²) in [5.74, 6) is 0. The standard InChI is InChI=1S/C13H21NS/c1-4-14-11-5-7-13(3,9-11)12-6-8-15-10(12)2/h6,8,11,14H,4-5,7,9H2,1-3H3. The molecule has 0 radical (unpaired) electrons. The molecule has 0 bridgehead atoms. The summed E-state index contributed by atoms with van der Waals surface area (Å²) in [5.41, 5.74) is 2.02. The van der Waals surface area contributed by atoms with Crippen molar-refractivity contribution >= 4 is 11.3 Å². The predicted octanol–water partition coefficient (Wildman–Crippen LogP) is 3.48. The molecule has 1 aliphatic rings. The minimum absolute atomic E-state index is 0.428. The van der Waals surface area contributed by atoms with E-state index >= 15 is 0 Å². The number of nitrogens with one attached hydrogen (secondary N) is 1. The van der Waals surface area contributed by atoms with E-state index in [1.54, 1.807) is 5.56 Å². The number of hydrogen-bond donors (Lipinski definition) is 1. The minimum Gasteiger partial charge on any atom is -0.314 e. The van der Waals surface area contributed by atoms with E-state index in [9.17, 15) is 0 Å². The summed E-state index contributed by atoms with van der Waals surface area (Å²) in [6.45, 7) is 7.99. The van der Waals surface area contributed by atoms with Gasteiger partial charge in [0.15, 0.2) is 0 Å². The van der Waals surface area contributed by atoms with E-state index in [1.165, 1.54) is 24.1 Å². The third kappa shape index (κ3) is 2.11. The second kappa shape index (κ2) is 4.26. The van der Waals surface area contributed by atoms with Crippen molar-refractivity contribution in [3.05, 3.63) is 21.9 Å². The van der Waals surface area contributed by atoms with Gasteiger partial charge in [0, 0.05) is 10.9 Å². The van der Waals surface area contributed by atoms with Crippen LogP contribution in [0.1, 0.15) is 43.6 Å². The second-order valence-corrected chi connectivity index (χ2v) is 6.07. The second-order valence-electron chi connectivity index (χ2n) is 4.95. The molecule has 1 N–H and O–H groups in total. The highest BCUT2D eigenvalue weighted by Gasteiger charge is 2.37. The largest absolute Gasteiger partial charge is 0.314 e. The van der Waals surface area contributed by atoms with Gasteiger partial charge in [0.05, 0.1) is 0 Å². The molecule has 0 aromatic carbocycles. The summed E-state index contributed by atoms with van der Waals surface area (Å²) in [6.07, 6.45) is 3.97. The van der Waals surface area contributed by atoms with Gasteiger partial charge in [0.25, 0.3) is 0 Å². The first-order chi connectivity index (χ1) is 7.15. The molecule has 1 aliphatic carbocycles. The van der Waals surface area contributed by atoms with Gasteiger partial charge in [-0.25, -0.2) is 0 Å². The Kier molecular flexibility index (Phi) is 3.17. The first-order valence-electron chi connectivity index (χ1n) is 5.93. The van der Waals surface area contributed by atoms with Gasteiger partial charge in [-0.05, 0) is 55.2 Å². The van der Waals surface area contributed by atoms with Crippen molar-refractivity contribution in [3.63, 3.8) is 0 Å². The van der Waals surface area contributed by atoms with Crippen LogP contribution in [0, 0.1) is 6.92 Å². The zero-order chi connectivity index (χ0) is 10.9.